The predicted octanol–water partition coefficient (Wildman–Crippen LogP) is 2.16. The fourth-order valence-corrected chi connectivity index (χ4v) is 1.52. The number of aliphatic carboxylic acids is 1. The number of carboxylic acids is 1. The van der Waals surface area contributed by atoms with Crippen LogP contribution in [0.15, 0.2) is 23.3 Å². The summed E-state index contributed by atoms with van der Waals surface area (Å²) in [6, 6.07) is 3.13. The third-order valence-electron chi connectivity index (χ3n) is 2.33. The number of hydrogen-bond acceptors (Lipinski definition) is 3. The van der Waals surface area contributed by atoms with Gasteiger partial charge in [0.05, 0.1) is 0 Å². The van der Waals surface area contributed by atoms with Crippen LogP contribution in [-0.4, -0.2) is 24.2 Å². The largest absolute Gasteiger partial charge is 0.480 e. The van der Waals surface area contributed by atoms with E-state index in [0.717, 1.165) is 5.56 Å². The number of carboxylic acid groups (broad SMARTS) is 1. The molecule has 0 fully saturated rings. The number of halogens is 1. The van der Waals surface area contributed by atoms with Gasteiger partial charge in [-0.1, -0.05) is 22.8 Å². The number of azide groups is 1. The average molecular weight is 252 g/mol. The third-order valence-corrected chi connectivity index (χ3v) is 2.33. The summed E-state index contributed by atoms with van der Waals surface area (Å²) in [4.78, 5) is 13.6. The summed E-state index contributed by atoms with van der Waals surface area (Å²) in [6.45, 7) is 2.02. The maximum atomic E-state index is 13.6. The van der Waals surface area contributed by atoms with Crippen molar-refractivity contribution in [1.29, 1.82) is 0 Å². The molecule has 1 rings (SSSR count). The monoisotopic (exact) mass is 252 g/mol. The first kappa shape index (κ1) is 14.0. The van der Waals surface area contributed by atoms with Gasteiger partial charge in [-0.2, -0.15) is 0 Å². The van der Waals surface area contributed by atoms with Crippen molar-refractivity contribution in [2.24, 2.45) is 5.11 Å². The summed E-state index contributed by atoms with van der Waals surface area (Å²) >= 11 is 0. The van der Waals surface area contributed by atoms with Gasteiger partial charge in [-0.05, 0) is 18.5 Å². The fourth-order valence-electron chi connectivity index (χ4n) is 1.52. The smallest absolute Gasteiger partial charge is 0.325 e. The SMILES string of the molecule is Cc1ccc(F)c(C(NCCN=[N+]=[N-])C(=O)O)c1. The highest BCUT2D eigenvalue weighted by Crippen LogP contribution is 2.18. The van der Waals surface area contributed by atoms with Gasteiger partial charge in [0, 0.05) is 23.6 Å². The van der Waals surface area contributed by atoms with Crippen LogP contribution in [0.25, 0.3) is 10.4 Å². The molecule has 0 amide bonds. The molecule has 0 saturated heterocycles. The van der Waals surface area contributed by atoms with E-state index in [1.807, 2.05) is 0 Å². The lowest BCUT2D eigenvalue weighted by molar-refractivity contribution is -0.139. The maximum Gasteiger partial charge on any atom is 0.325 e. The summed E-state index contributed by atoms with van der Waals surface area (Å²) in [5.41, 5.74) is 8.94. The van der Waals surface area contributed by atoms with Crippen molar-refractivity contribution in [3.8, 4) is 0 Å². The minimum Gasteiger partial charge on any atom is -0.480 e. The molecule has 96 valence electrons. The molecule has 18 heavy (non-hydrogen) atoms. The lowest BCUT2D eigenvalue weighted by atomic mass is 10.0. The van der Waals surface area contributed by atoms with Gasteiger partial charge in [-0.25, -0.2) is 4.39 Å². The average Bonchev–Trinajstić information content (AvgIpc) is 2.32. The van der Waals surface area contributed by atoms with E-state index >= 15 is 0 Å². The molecule has 6 nitrogen and oxygen atoms in total. The zero-order valence-electron chi connectivity index (χ0n) is 9.80. The minimum atomic E-state index is -1.18. The summed E-state index contributed by atoms with van der Waals surface area (Å²) in [6.07, 6.45) is 0. The van der Waals surface area contributed by atoms with E-state index in [1.165, 1.54) is 12.1 Å². The van der Waals surface area contributed by atoms with Gasteiger partial charge in [-0.3, -0.25) is 4.79 Å². The highest BCUT2D eigenvalue weighted by Gasteiger charge is 2.22. The first-order valence-corrected chi connectivity index (χ1v) is 5.29. The first-order valence-electron chi connectivity index (χ1n) is 5.29. The topological polar surface area (TPSA) is 98.1 Å². The van der Waals surface area contributed by atoms with Gasteiger partial charge in [-0.15, -0.1) is 0 Å². The Kier molecular flexibility index (Phi) is 5.10. The zero-order valence-corrected chi connectivity index (χ0v) is 9.80. The van der Waals surface area contributed by atoms with Gasteiger partial charge in [0.25, 0.3) is 0 Å². The molecule has 1 aromatic carbocycles. The number of aryl methyl sites for hydroxylation is 1. The van der Waals surface area contributed by atoms with E-state index < -0.39 is 17.8 Å². The van der Waals surface area contributed by atoms with Crippen molar-refractivity contribution < 1.29 is 14.3 Å². The van der Waals surface area contributed by atoms with Gasteiger partial charge < -0.3 is 10.4 Å². The lowest BCUT2D eigenvalue weighted by Gasteiger charge is -2.15. The minimum absolute atomic E-state index is 0.0726. The Labute approximate surface area is 103 Å². The molecule has 1 aromatic rings. The van der Waals surface area contributed by atoms with Crippen molar-refractivity contribution in [3.05, 3.63) is 45.6 Å². The lowest BCUT2D eigenvalue weighted by Crippen LogP contribution is -2.31. The summed E-state index contributed by atoms with van der Waals surface area (Å²) < 4.78 is 13.6. The van der Waals surface area contributed by atoms with Crippen LogP contribution in [0.5, 0.6) is 0 Å². The number of carbonyl (C=O) groups is 1. The molecular formula is C11H13FN4O2. The van der Waals surface area contributed by atoms with Crippen molar-refractivity contribution in [2.75, 3.05) is 13.1 Å². The molecular weight excluding hydrogens is 239 g/mol. The molecule has 1 atom stereocenters. The van der Waals surface area contributed by atoms with Gasteiger partial charge in [0.2, 0.25) is 0 Å². The molecule has 0 bridgehead atoms. The van der Waals surface area contributed by atoms with Crippen LogP contribution in [0.2, 0.25) is 0 Å². The Morgan fingerprint density at radius 3 is 3.00 bits per heavy atom. The van der Waals surface area contributed by atoms with Crippen LogP contribution in [0.3, 0.4) is 0 Å². The van der Waals surface area contributed by atoms with Gasteiger partial charge in [0.15, 0.2) is 0 Å². The summed E-state index contributed by atoms with van der Waals surface area (Å²) in [7, 11) is 0. The molecule has 7 heteroatoms. The number of benzene rings is 1. The predicted molar refractivity (Wildman–Crippen MR) is 63.5 cm³/mol. The van der Waals surface area contributed by atoms with E-state index in [2.05, 4.69) is 15.3 Å². The second-order valence-electron chi connectivity index (χ2n) is 3.70. The molecule has 0 aromatic heterocycles. The number of rotatable bonds is 6. The zero-order chi connectivity index (χ0) is 13.5. The Bertz CT molecular complexity index is 486. The van der Waals surface area contributed by atoms with Gasteiger partial charge >= 0.3 is 5.97 Å². The highest BCUT2D eigenvalue weighted by molar-refractivity contribution is 5.75. The molecule has 0 aliphatic carbocycles. The Hall–Kier alpha value is -2.11. The van der Waals surface area contributed by atoms with E-state index in [4.69, 9.17) is 10.6 Å². The van der Waals surface area contributed by atoms with Crippen molar-refractivity contribution in [2.45, 2.75) is 13.0 Å². The number of nitrogens with zero attached hydrogens (tertiary/aromatic N) is 3. The maximum absolute atomic E-state index is 13.6. The molecule has 0 saturated carbocycles. The van der Waals surface area contributed by atoms with Crippen molar-refractivity contribution in [1.82, 2.24) is 5.32 Å². The number of hydrogen-bond donors (Lipinski definition) is 2. The number of nitrogens with one attached hydrogen (secondary N) is 1. The van der Waals surface area contributed by atoms with Crippen LogP contribution in [0.4, 0.5) is 4.39 Å². The molecule has 0 aliphatic heterocycles. The third kappa shape index (κ3) is 3.73. The van der Waals surface area contributed by atoms with E-state index in [-0.39, 0.29) is 18.7 Å². The standard InChI is InChI=1S/C11H13FN4O2/c1-7-2-3-9(12)8(6-7)10(11(17)18)14-4-5-15-16-13/h2-3,6,10,14H,4-5H2,1H3,(H,17,18). The normalized spacial score (nSPS) is 11.7. The molecule has 0 radical (unpaired) electrons. The molecule has 0 heterocycles. The van der Waals surface area contributed by atoms with E-state index in [1.54, 1.807) is 13.0 Å². The van der Waals surface area contributed by atoms with Crippen molar-refractivity contribution >= 4 is 5.97 Å². The van der Waals surface area contributed by atoms with Crippen LogP contribution in [0, 0.1) is 12.7 Å². The Morgan fingerprint density at radius 2 is 2.39 bits per heavy atom. The first-order chi connectivity index (χ1) is 8.56. The molecule has 1 unspecified atom stereocenters. The van der Waals surface area contributed by atoms with Crippen LogP contribution >= 0.6 is 0 Å². The molecule has 0 spiro atoms. The van der Waals surface area contributed by atoms with Gasteiger partial charge in [0.1, 0.15) is 11.9 Å². The van der Waals surface area contributed by atoms with E-state index in [9.17, 15) is 9.18 Å². The van der Waals surface area contributed by atoms with Crippen molar-refractivity contribution in [3.63, 3.8) is 0 Å². The molecule has 0 aliphatic rings. The van der Waals surface area contributed by atoms with Crippen LogP contribution < -0.4 is 5.32 Å². The summed E-state index contributed by atoms with van der Waals surface area (Å²) in [5.74, 6) is -1.76. The highest BCUT2D eigenvalue weighted by atomic mass is 19.1. The second kappa shape index (κ2) is 6.58. The Balaban J connectivity index is 2.87. The quantitative estimate of drug-likeness (QED) is 0.351. The Morgan fingerprint density at radius 1 is 1.67 bits per heavy atom. The summed E-state index contributed by atoms with van der Waals surface area (Å²) in [5, 5.41) is 15.0. The van der Waals surface area contributed by atoms with Crippen LogP contribution in [0.1, 0.15) is 17.2 Å². The molecule has 2 N–H and O–H groups in total. The van der Waals surface area contributed by atoms with E-state index in [0.29, 0.717) is 0 Å². The second-order valence-corrected chi connectivity index (χ2v) is 3.70. The fraction of sp³-hybridized carbons (Fsp3) is 0.364. The van der Waals surface area contributed by atoms with Crippen LogP contribution in [-0.2, 0) is 4.79 Å².